The zero-order chi connectivity index (χ0) is 20.4. The van der Waals surface area contributed by atoms with Gasteiger partial charge in [-0.2, -0.15) is 5.10 Å². The Morgan fingerprint density at radius 1 is 1.24 bits per heavy atom. The molecule has 4 rings (SSSR count). The van der Waals surface area contributed by atoms with Gasteiger partial charge in [0.15, 0.2) is 5.82 Å². The molecule has 3 N–H and O–H groups in total. The number of fused-ring (bicyclic) bond motifs is 1. The first-order valence-electron chi connectivity index (χ1n) is 9.22. The third kappa shape index (κ3) is 3.96. The molecule has 1 unspecified atom stereocenters. The van der Waals surface area contributed by atoms with Gasteiger partial charge < -0.3 is 15.4 Å². The van der Waals surface area contributed by atoms with Crippen LogP contribution in [0.1, 0.15) is 24.8 Å². The van der Waals surface area contributed by atoms with Crippen molar-refractivity contribution in [1.82, 2.24) is 10.2 Å². The molecule has 1 aromatic heterocycles. The zero-order valence-electron chi connectivity index (χ0n) is 15.7. The smallest absolute Gasteiger partial charge is 0.233 e. The quantitative estimate of drug-likeness (QED) is 0.615. The topological polar surface area (TPSA) is 96.1 Å². The molecule has 0 saturated heterocycles. The number of carbonyl (C=O) groups excluding carboxylic acids is 2. The van der Waals surface area contributed by atoms with Crippen LogP contribution in [0.3, 0.4) is 0 Å². The summed E-state index contributed by atoms with van der Waals surface area (Å²) in [5.41, 5.74) is 2.51. The Morgan fingerprint density at radius 2 is 2.03 bits per heavy atom. The van der Waals surface area contributed by atoms with E-state index in [2.05, 4.69) is 20.8 Å². The number of aromatic nitrogens is 2. The van der Waals surface area contributed by atoms with E-state index in [1.165, 1.54) is 18.2 Å². The maximum Gasteiger partial charge on any atom is 0.233 e. The molecule has 3 aromatic rings. The highest BCUT2D eigenvalue weighted by Gasteiger charge is 2.31. The summed E-state index contributed by atoms with van der Waals surface area (Å²) < 4.78 is 18.9. The molecule has 2 aromatic carbocycles. The molecule has 1 aliphatic rings. The molecule has 29 heavy (non-hydrogen) atoms. The molecular weight excluding hydrogens is 375 g/mol. The lowest BCUT2D eigenvalue weighted by atomic mass is 9.89. The number of nitrogens with one attached hydrogen (secondary N) is 3. The number of nitrogens with zero attached hydrogens (tertiary/aromatic N) is 1. The SMILES string of the molecule is CCOc1ccc(-c2cc(NC(=O)C3CC(=O)Nc4cc(F)ccc43)n[nH]2)cc1. The van der Waals surface area contributed by atoms with Crippen molar-refractivity contribution in [2.75, 3.05) is 17.2 Å². The number of rotatable bonds is 5. The van der Waals surface area contributed by atoms with E-state index in [1.54, 1.807) is 6.07 Å². The van der Waals surface area contributed by atoms with E-state index in [1.807, 2.05) is 31.2 Å². The summed E-state index contributed by atoms with van der Waals surface area (Å²) >= 11 is 0. The van der Waals surface area contributed by atoms with Crippen molar-refractivity contribution < 1.29 is 18.7 Å². The van der Waals surface area contributed by atoms with Crippen LogP contribution >= 0.6 is 0 Å². The first-order valence-corrected chi connectivity index (χ1v) is 9.22. The van der Waals surface area contributed by atoms with E-state index in [4.69, 9.17) is 4.74 Å². The predicted octanol–water partition coefficient (Wildman–Crippen LogP) is 3.68. The van der Waals surface area contributed by atoms with Crippen molar-refractivity contribution >= 4 is 23.3 Å². The summed E-state index contributed by atoms with van der Waals surface area (Å²) in [6.45, 7) is 2.51. The molecule has 7 nitrogen and oxygen atoms in total. The molecule has 1 aliphatic heterocycles. The highest BCUT2D eigenvalue weighted by molar-refractivity contribution is 6.04. The van der Waals surface area contributed by atoms with E-state index in [-0.39, 0.29) is 18.2 Å². The Morgan fingerprint density at radius 3 is 2.79 bits per heavy atom. The summed E-state index contributed by atoms with van der Waals surface area (Å²) in [6.07, 6.45) is -0.0133. The van der Waals surface area contributed by atoms with Crippen LogP contribution in [0.4, 0.5) is 15.9 Å². The van der Waals surface area contributed by atoms with Crippen LogP contribution in [0.15, 0.2) is 48.5 Å². The number of benzene rings is 2. The second-order valence-electron chi connectivity index (χ2n) is 6.65. The minimum Gasteiger partial charge on any atom is -0.494 e. The summed E-state index contributed by atoms with van der Waals surface area (Å²) in [5.74, 6) is -0.788. The Labute approximate surface area is 166 Å². The molecule has 0 bridgehead atoms. The third-order valence-electron chi connectivity index (χ3n) is 4.68. The van der Waals surface area contributed by atoms with E-state index < -0.39 is 11.7 Å². The predicted molar refractivity (Wildman–Crippen MR) is 106 cm³/mol. The highest BCUT2D eigenvalue weighted by atomic mass is 19.1. The minimum absolute atomic E-state index is 0.0133. The molecule has 0 saturated carbocycles. The van der Waals surface area contributed by atoms with Crippen molar-refractivity contribution in [2.45, 2.75) is 19.3 Å². The maximum absolute atomic E-state index is 13.5. The Balaban J connectivity index is 1.50. The number of ether oxygens (including phenoxy) is 1. The molecule has 0 radical (unpaired) electrons. The molecule has 1 atom stereocenters. The van der Waals surface area contributed by atoms with Gasteiger partial charge >= 0.3 is 0 Å². The van der Waals surface area contributed by atoms with Crippen molar-refractivity contribution in [1.29, 1.82) is 0 Å². The molecule has 2 heterocycles. The molecule has 0 fully saturated rings. The maximum atomic E-state index is 13.5. The first-order chi connectivity index (χ1) is 14.0. The standard InChI is InChI=1S/C21H19FN4O3/c1-2-29-14-6-3-12(4-7-14)17-11-19(26-25-17)24-21(28)16-10-20(27)23-18-9-13(22)5-8-15(16)18/h3-9,11,16H,2,10H2,1H3,(H,23,27)(H2,24,25,26,28). The molecule has 2 amide bonds. The van der Waals surface area contributed by atoms with E-state index in [9.17, 15) is 14.0 Å². The fourth-order valence-electron chi connectivity index (χ4n) is 3.32. The third-order valence-corrected chi connectivity index (χ3v) is 4.68. The van der Waals surface area contributed by atoms with Crippen molar-refractivity contribution in [2.24, 2.45) is 0 Å². The molecule has 0 aliphatic carbocycles. The Hall–Kier alpha value is -3.68. The van der Waals surface area contributed by atoms with E-state index >= 15 is 0 Å². The van der Waals surface area contributed by atoms with Crippen molar-refractivity contribution in [3.05, 3.63) is 59.9 Å². The van der Waals surface area contributed by atoms with Crippen LogP contribution in [-0.4, -0.2) is 28.6 Å². The second kappa shape index (κ2) is 7.75. The van der Waals surface area contributed by atoms with Crippen molar-refractivity contribution in [3.8, 4) is 17.0 Å². The summed E-state index contributed by atoms with van der Waals surface area (Å²) in [6, 6.07) is 13.2. The van der Waals surface area contributed by atoms with Gasteiger partial charge in [-0.15, -0.1) is 0 Å². The van der Waals surface area contributed by atoms with Crippen LogP contribution in [0.25, 0.3) is 11.3 Å². The fraction of sp³-hybridized carbons (Fsp3) is 0.190. The Kier molecular flexibility index (Phi) is 4.99. The van der Waals surface area contributed by atoms with Gasteiger partial charge in [-0.3, -0.25) is 14.7 Å². The fourth-order valence-corrected chi connectivity index (χ4v) is 3.32. The normalized spacial score (nSPS) is 15.4. The lowest BCUT2D eigenvalue weighted by Gasteiger charge is -2.24. The van der Waals surface area contributed by atoms with Crippen LogP contribution in [0, 0.1) is 5.82 Å². The number of carbonyl (C=O) groups is 2. The zero-order valence-corrected chi connectivity index (χ0v) is 15.7. The van der Waals surface area contributed by atoms with Crippen LogP contribution in [0.2, 0.25) is 0 Å². The monoisotopic (exact) mass is 394 g/mol. The van der Waals surface area contributed by atoms with Gasteiger partial charge in [0.2, 0.25) is 11.8 Å². The average molecular weight is 394 g/mol. The number of halogens is 1. The van der Waals surface area contributed by atoms with E-state index in [0.717, 1.165) is 17.0 Å². The van der Waals surface area contributed by atoms with Gasteiger partial charge in [0.1, 0.15) is 11.6 Å². The number of hydrogen-bond donors (Lipinski definition) is 3. The molecular formula is C21H19FN4O3. The Bertz CT molecular complexity index is 1060. The van der Waals surface area contributed by atoms with Gasteiger partial charge in [-0.1, -0.05) is 6.07 Å². The lowest BCUT2D eigenvalue weighted by molar-refractivity contribution is -0.123. The minimum atomic E-state index is -0.718. The molecule has 148 valence electrons. The lowest BCUT2D eigenvalue weighted by Crippen LogP contribution is -2.31. The summed E-state index contributed by atoms with van der Waals surface area (Å²) in [5, 5.41) is 12.3. The number of H-pyrrole nitrogens is 1. The van der Waals surface area contributed by atoms with Crippen LogP contribution in [-0.2, 0) is 9.59 Å². The molecule has 0 spiro atoms. The largest absolute Gasteiger partial charge is 0.494 e. The number of anilines is 2. The van der Waals surface area contributed by atoms with Crippen LogP contribution < -0.4 is 15.4 Å². The van der Waals surface area contributed by atoms with Gasteiger partial charge in [0, 0.05) is 18.2 Å². The van der Waals surface area contributed by atoms with Crippen LogP contribution in [0.5, 0.6) is 5.75 Å². The van der Waals surface area contributed by atoms with Gasteiger partial charge in [0.25, 0.3) is 0 Å². The van der Waals surface area contributed by atoms with Gasteiger partial charge in [0.05, 0.1) is 18.2 Å². The average Bonchev–Trinajstić information content (AvgIpc) is 3.16. The summed E-state index contributed by atoms with van der Waals surface area (Å²) in [7, 11) is 0. The number of amides is 2. The summed E-state index contributed by atoms with van der Waals surface area (Å²) in [4.78, 5) is 24.7. The van der Waals surface area contributed by atoms with Crippen molar-refractivity contribution in [3.63, 3.8) is 0 Å². The number of hydrogen-bond acceptors (Lipinski definition) is 4. The highest BCUT2D eigenvalue weighted by Crippen LogP contribution is 2.33. The second-order valence-corrected chi connectivity index (χ2v) is 6.65. The first kappa shape index (κ1) is 18.7. The van der Waals surface area contributed by atoms with Gasteiger partial charge in [-0.05, 0) is 54.4 Å². The van der Waals surface area contributed by atoms with Gasteiger partial charge in [-0.25, -0.2) is 4.39 Å². The molecule has 8 heteroatoms. The number of aromatic amines is 1. The van der Waals surface area contributed by atoms with E-state index in [0.29, 0.717) is 23.7 Å².